The molecule has 0 aliphatic rings. The van der Waals surface area contributed by atoms with Crippen LogP contribution in [0.2, 0.25) is 0 Å². The Morgan fingerprint density at radius 1 is 1.47 bits per heavy atom. The van der Waals surface area contributed by atoms with Crippen LogP contribution in [0, 0.1) is 5.92 Å². The largest absolute Gasteiger partial charge is 0.494 e. The summed E-state index contributed by atoms with van der Waals surface area (Å²) in [5, 5.41) is 0. The maximum Gasteiger partial charge on any atom is 0.213 e. The van der Waals surface area contributed by atoms with Crippen molar-refractivity contribution >= 4 is 5.78 Å². The summed E-state index contributed by atoms with van der Waals surface area (Å²) >= 11 is 0. The van der Waals surface area contributed by atoms with Crippen LogP contribution in [0.3, 0.4) is 0 Å². The summed E-state index contributed by atoms with van der Waals surface area (Å²) in [6, 6.07) is 3.46. The lowest BCUT2D eigenvalue weighted by Crippen LogP contribution is -2.30. The first kappa shape index (κ1) is 13.6. The molecule has 0 N–H and O–H groups in total. The van der Waals surface area contributed by atoms with Crippen molar-refractivity contribution in [1.82, 2.24) is 4.98 Å². The van der Waals surface area contributed by atoms with Crippen LogP contribution in [0.5, 0.6) is 5.75 Å². The van der Waals surface area contributed by atoms with Gasteiger partial charge in [0.1, 0.15) is 11.9 Å². The maximum absolute atomic E-state index is 12.3. The standard InChI is InChI=1S/C13H19NO3/c1-5-17-13(9(2)3)12(15)11-10(16-4)7-6-8-14-11/h6-9,13H,5H2,1-4H3. The van der Waals surface area contributed by atoms with Gasteiger partial charge in [-0.05, 0) is 25.0 Å². The molecule has 0 spiro atoms. The van der Waals surface area contributed by atoms with E-state index < -0.39 is 6.10 Å². The first-order chi connectivity index (χ1) is 8.11. The summed E-state index contributed by atoms with van der Waals surface area (Å²) in [5.74, 6) is 0.469. The van der Waals surface area contributed by atoms with Crippen molar-refractivity contribution in [3.63, 3.8) is 0 Å². The van der Waals surface area contributed by atoms with Crippen LogP contribution < -0.4 is 4.74 Å². The fraction of sp³-hybridized carbons (Fsp3) is 0.538. The molecule has 0 saturated heterocycles. The van der Waals surface area contributed by atoms with Gasteiger partial charge in [0, 0.05) is 12.8 Å². The molecule has 4 nitrogen and oxygen atoms in total. The van der Waals surface area contributed by atoms with Crippen LogP contribution in [0.4, 0.5) is 0 Å². The number of aromatic nitrogens is 1. The monoisotopic (exact) mass is 237 g/mol. The highest BCUT2D eigenvalue weighted by Crippen LogP contribution is 2.20. The fourth-order valence-electron chi connectivity index (χ4n) is 1.63. The fourth-order valence-corrected chi connectivity index (χ4v) is 1.63. The van der Waals surface area contributed by atoms with Crippen LogP contribution in [0.25, 0.3) is 0 Å². The van der Waals surface area contributed by atoms with Gasteiger partial charge in [0.25, 0.3) is 0 Å². The minimum Gasteiger partial charge on any atom is -0.494 e. The highest BCUT2D eigenvalue weighted by Gasteiger charge is 2.27. The molecule has 1 aromatic rings. The first-order valence-electron chi connectivity index (χ1n) is 5.76. The number of rotatable bonds is 6. The van der Waals surface area contributed by atoms with Crippen molar-refractivity contribution in [3.8, 4) is 5.75 Å². The summed E-state index contributed by atoms with van der Waals surface area (Å²) in [6.45, 7) is 6.28. The molecule has 94 valence electrons. The molecule has 0 aliphatic carbocycles. The summed E-state index contributed by atoms with van der Waals surface area (Å²) in [4.78, 5) is 16.4. The Kier molecular flexibility index (Phi) is 5.10. The van der Waals surface area contributed by atoms with E-state index in [2.05, 4.69) is 4.98 Å². The van der Waals surface area contributed by atoms with E-state index in [0.29, 0.717) is 18.1 Å². The quantitative estimate of drug-likeness (QED) is 0.712. The minimum atomic E-state index is -0.469. The molecule has 0 aliphatic heterocycles. The first-order valence-corrected chi connectivity index (χ1v) is 5.76. The van der Waals surface area contributed by atoms with E-state index >= 15 is 0 Å². The number of carbonyl (C=O) groups excluding carboxylic acids is 1. The smallest absolute Gasteiger partial charge is 0.213 e. The lowest BCUT2D eigenvalue weighted by atomic mass is 10.00. The molecule has 0 radical (unpaired) electrons. The van der Waals surface area contributed by atoms with Crippen molar-refractivity contribution in [2.45, 2.75) is 26.9 Å². The summed E-state index contributed by atoms with van der Waals surface area (Å²) < 4.78 is 10.6. The lowest BCUT2D eigenvalue weighted by Gasteiger charge is -2.19. The van der Waals surface area contributed by atoms with Gasteiger partial charge in [0.2, 0.25) is 5.78 Å². The number of carbonyl (C=O) groups is 1. The second-order valence-electron chi connectivity index (χ2n) is 4.04. The van der Waals surface area contributed by atoms with Gasteiger partial charge in [-0.1, -0.05) is 13.8 Å². The van der Waals surface area contributed by atoms with Crippen LogP contribution in [-0.2, 0) is 4.74 Å². The van der Waals surface area contributed by atoms with Gasteiger partial charge in [-0.25, -0.2) is 4.98 Å². The number of hydrogen-bond acceptors (Lipinski definition) is 4. The summed E-state index contributed by atoms with van der Waals surface area (Å²) in [7, 11) is 1.53. The SMILES string of the molecule is CCOC(C(=O)c1ncccc1OC)C(C)C. The van der Waals surface area contributed by atoms with Gasteiger partial charge < -0.3 is 9.47 Å². The van der Waals surface area contributed by atoms with Crippen molar-refractivity contribution in [1.29, 1.82) is 0 Å². The van der Waals surface area contributed by atoms with Gasteiger partial charge >= 0.3 is 0 Å². The second kappa shape index (κ2) is 6.35. The molecule has 1 unspecified atom stereocenters. The van der Waals surface area contributed by atoms with Gasteiger partial charge in [0.15, 0.2) is 5.69 Å². The van der Waals surface area contributed by atoms with E-state index in [-0.39, 0.29) is 11.7 Å². The van der Waals surface area contributed by atoms with Gasteiger partial charge in [-0.3, -0.25) is 4.79 Å². The Labute approximate surface area is 102 Å². The zero-order valence-electron chi connectivity index (χ0n) is 10.8. The second-order valence-corrected chi connectivity index (χ2v) is 4.04. The number of hydrogen-bond donors (Lipinski definition) is 0. The Balaban J connectivity index is 3.00. The number of methoxy groups -OCH3 is 1. The molecule has 0 saturated carbocycles. The molecule has 0 fully saturated rings. The van der Waals surface area contributed by atoms with E-state index in [9.17, 15) is 4.79 Å². The third-order valence-corrected chi connectivity index (χ3v) is 2.43. The van der Waals surface area contributed by atoms with E-state index in [1.54, 1.807) is 18.3 Å². The zero-order valence-corrected chi connectivity index (χ0v) is 10.8. The van der Waals surface area contributed by atoms with Gasteiger partial charge in [-0.2, -0.15) is 0 Å². The zero-order chi connectivity index (χ0) is 12.8. The normalized spacial score (nSPS) is 12.5. The number of nitrogens with zero attached hydrogens (tertiary/aromatic N) is 1. The highest BCUT2D eigenvalue weighted by molar-refractivity contribution is 6.00. The topological polar surface area (TPSA) is 48.4 Å². The maximum atomic E-state index is 12.3. The van der Waals surface area contributed by atoms with E-state index in [4.69, 9.17) is 9.47 Å². The Hall–Kier alpha value is -1.42. The number of ketones is 1. The lowest BCUT2D eigenvalue weighted by molar-refractivity contribution is 0.0273. The predicted octanol–water partition coefficient (Wildman–Crippen LogP) is 2.33. The van der Waals surface area contributed by atoms with Gasteiger partial charge in [-0.15, -0.1) is 0 Å². The average molecular weight is 237 g/mol. The molecule has 1 atom stereocenters. The highest BCUT2D eigenvalue weighted by atomic mass is 16.5. The summed E-state index contributed by atoms with van der Waals surface area (Å²) in [6.07, 6.45) is 1.11. The molecule has 0 bridgehead atoms. The number of Topliss-reactive ketones (excluding diaryl/α,β-unsaturated/α-hetero) is 1. The molecule has 0 aromatic carbocycles. The van der Waals surface area contributed by atoms with E-state index in [0.717, 1.165) is 0 Å². The van der Waals surface area contributed by atoms with Crippen LogP contribution in [0.1, 0.15) is 31.3 Å². The molecular formula is C13H19NO3. The van der Waals surface area contributed by atoms with Crippen LogP contribution in [-0.4, -0.2) is 30.6 Å². The number of ether oxygens (including phenoxy) is 2. The Bertz CT molecular complexity index is 377. The third kappa shape index (κ3) is 3.27. The molecule has 1 heterocycles. The molecule has 4 heteroatoms. The summed E-state index contributed by atoms with van der Waals surface area (Å²) in [5.41, 5.74) is 0.335. The van der Waals surface area contributed by atoms with Crippen molar-refractivity contribution < 1.29 is 14.3 Å². The molecule has 0 amide bonds. The van der Waals surface area contributed by atoms with Crippen molar-refractivity contribution in [3.05, 3.63) is 24.0 Å². The third-order valence-electron chi connectivity index (χ3n) is 2.43. The van der Waals surface area contributed by atoms with Crippen molar-refractivity contribution in [2.75, 3.05) is 13.7 Å². The minimum absolute atomic E-state index is 0.106. The van der Waals surface area contributed by atoms with Gasteiger partial charge in [0.05, 0.1) is 7.11 Å². The molecule has 17 heavy (non-hydrogen) atoms. The predicted molar refractivity (Wildman–Crippen MR) is 65.4 cm³/mol. The van der Waals surface area contributed by atoms with Crippen molar-refractivity contribution in [2.24, 2.45) is 5.92 Å². The van der Waals surface area contributed by atoms with E-state index in [1.165, 1.54) is 7.11 Å². The number of pyridine rings is 1. The van der Waals surface area contributed by atoms with Crippen LogP contribution >= 0.6 is 0 Å². The Morgan fingerprint density at radius 2 is 2.18 bits per heavy atom. The van der Waals surface area contributed by atoms with Crippen LogP contribution in [0.15, 0.2) is 18.3 Å². The molecule has 1 rings (SSSR count). The van der Waals surface area contributed by atoms with E-state index in [1.807, 2.05) is 20.8 Å². The average Bonchev–Trinajstić information content (AvgIpc) is 2.34. The Morgan fingerprint density at radius 3 is 2.71 bits per heavy atom. The molecule has 1 aromatic heterocycles. The molecular weight excluding hydrogens is 218 g/mol.